The van der Waals surface area contributed by atoms with Gasteiger partial charge in [0.1, 0.15) is 0 Å². The number of hydrogen-bond donors (Lipinski definition) is 0. The molecule has 2 fully saturated rings. The van der Waals surface area contributed by atoms with E-state index in [0.29, 0.717) is 12.2 Å². The van der Waals surface area contributed by atoms with Gasteiger partial charge in [-0.1, -0.05) is 58.3 Å². The van der Waals surface area contributed by atoms with Crippen LogP contribution in [-0.4, -0.2) is 36.1 Å². The number of hydrogen-bond acceptors (Lipinski definition) is 3. The van der Waals surface area contributed by atoms with E-state index in [1.54, 1.807) is 0 Å². The number of ether oxygens (including phenoxy) is 2. The van der Waals surface area contributed by atoms with Crippen LogP contribution in [0.1, 0.15) is 85.0 Å². The molecule has 0 spiro atoms. The van der Waals surface area contributed by atoms with Crippen LogP contribution in [0.5, 0.6) is 0 Å². The number of fused-ring (bicyclic) bond motifs is 1. The molecule has 2 atom stereocenters. The van der Waals surface area contributed by atoms with Gasteiger partial charge in [0.2, 0.25) is 5.91 Å². The number of nitrogens with zero attached hydrogens (tertiary/aromatic N) is 1. The van der Waals surface area contributed by atoms with Gasteiger partial charge in [-0.2, -0.15) is 0 Å². The summed E-state index contributed by atoms with van der Waals surface area (Å²) in [5.41, 5.74) is 0. The third-order valence-corrected chi connectivity index (χ3v) is 4.80. The average molecular weight is 297 g/mol. The van der Waals surface area contributed by atoms with Crippen molar-refractivity contribution in [2.24, 2.45) is 0 Å². The lowest BCUT2D eigenvalue weighted by Gasteiger charge is -2.29. The molecule has 2 heterocycles. The Morgan fingerprint density at radius 3 is 1.81 bits per heavy atom. The second-order valence-corrected chi connectivity index (χ2v) is 7.05. The van der Waals surface area contributed by atoms with Gasteiger partial charge in [0.05, 0.1) is 12.2 Å². The van der Waals surface area contributed by atoms with Crippen LogP contribution < -0.4 is 0 Å². The Morgan fingerprint density at radius 2 is 1.29 bits per heavy atom. The van der Waals surface area contributed by atoms with Gasteiger partial charge in [-0.15, -0.1) is 0 Å². The Bertz CT molecular complexity index is 281. The summed E-state index contributed by atoms with van der Waals surface area (Å²) in [5, 5.41) is 0. The summed E-state index contributed by atoms with van der Waals surface area (Å²) in [4.78, 5) is 2.41. The normalized spacial score (nSPS) is 28.1. The zero-order valence-corrected chi connectivity index (χ0v) is 14.4. The molecule has 3 nitrogen and oxygen atoms in total. The van der Waals surface area contributed by atoms with Crippen molar-refractivity contribution in [1.82, 2.24) is 4.90 Å². The maximum absolute atomic E-state index is 6.12. The van der Waals surface area contributed by atoms with Gasteiger partial charge in [0.15, 0.2) is 0 Å². The predicted octanol–water partition coefficient (Wildman–Crippen LogP) is 4.70. The van der Waals surface area contributed by atoms with Crippen molar-refractivity contribution >= 4 is 0 Å². The first-order chi connectivity index (χ1) is 10.2. The molecule has 2 rings (SSSR count). The third-order valence-electron chi connectivity index (χ3n) is 4.80. The van der Waals surface area contributed by atoms with E-state index in [4.69, 9.17) is 9.47 Å². The molecule has 0 unspecified atom stereocenters. The van der Waals surface area contributed by atoms with Crippen LogP contribution in [0.15, 0.2) is 0 Å². The first-order valence-corrected chi connectivity index (χ1v) is 9.27. The van der Waals surface area contributed by atoms with Crippen molar-refractivity contribution < 1.29 is 9.47 Å². The van der Waals surface area contributed by atoms with Gasteiger partial charge in [-0.3, -0.25) is 0 Å². The van der Waals surface area contributed by atoms with E-state index < -0.39 is 0 Å². The highest BCUT2D eigenvalue weighted by molar-refractivity contribution is 4.89. The fourth-order valence-corrected chi connectivity index (χ4v) is 3.79. The van der Waals surface area contributed by atoms with Gasteiger partial charge >= 0.3 is 0 Å². The second-order valence-electron chi connectivity index (χ2n) is 7.05. The Balaban J connectivity index is 1.56. The minimum absolute atomic E-state index is 0.316. The molecule has 0 aromatic carbocycles. The molecule has 2 saturated heterocycles. The fourth-order valence-electron chi connectivity index (χ4n) is 3.79. The molecule has 0 amide bonds. The average Bonchev–Trinajstić information content (AvgIpc) is 2.87. The van der Waals surface area contributed by atoms with E-state index in [1.165, 1.54) is 57.8 Å². The van der Waals surface area contributed by atoms with Gasteiger partial charge in [-0.05, 0) is 20.3 Å². The monoisotopic (exact) mass is 297 g/mol. The summed E-state index contributed by atoms with van der Waals surface area (Å²) >= 11 is 0. The molecule has 2 aliphatic rings. The molecule has 2 aliphatic heterocycles. The lowest BCUT2D eigenvalue weighted by Crippen LogP contribution is -2.40. The maximum atomic E-state index is 6.12. The highest BCUT2D eigenvalue weighted by Gasteiger charge is 2.51. The first kappa shape index (κ1) is 17.2. The van der Waals surface area contributed by atoms with Crippen LogP contribution in [0.4, 0.5) is 0 Å². The van der Waals surface area contributed by atoms with Crippen molar-refractivity contribution in [3.8, 4) is 0 Å². The topological polar surface area (TPSA) is 21.7 Å². The van der Waals surface area contributed by atoms with Gasteiger partial charge in [0.25, 0.3) is 0 Å². The van der Waals surface area contributed by atoms with Crippen LogP contribution in [0.2, 0.25) is 0 Å². The molecule has 0 N–H and O–H groups in total. The number of rotatable bonds is 10. The van der Waals surface area contributed by atoms with E-state index in [0.717, 1.165) is 19.5 Å². The maximum Gasteiger partial charge on any atom is 0.230 e. The van der Waals surface area contributed by atoms with Gasteiger partial charge in [0, 0.05) is 19.5 Å². The van der Waals surface area contributed by atoms with Crippen molar-refractivity contribution in [3.63, 3.8) is 0 Å². The minimum Gasteiger partial charge on any atom is -0.333 e. The van der Waals surface area contributed by atoms with Gasteiger partial charge in [-0.25, -0.2) is 4.90 Å². The molecular formula is C18H35NO2. The zero-order valence-electron chi connectivity index (χ0n) is 14.4. The molecule has 0 bridgehead atoms. The molecule has 124 valence electrons. The largest absolute Gasteiger partial charge is 0.333 e. The molecule has 0 saturated carbocycles. The lowest BCUT2D eigenvalue weighted by molar-refractivity contribution is -0.257. The molecule has 0 aromatic rings. The smallest absolute Gasteiger partial charge is 0.230 e. The van der Waals surface area contributed by atoms with Crippen LogP contribution >= 0.6 is 0 Å². The van der Waals surface area contributed by atoms with E-state index in [-0.39, 0.29) is 5.91 Å². The zero-order chi connectivity index (χ0) is 15.1. The fraction of sp³-hybridized carbons (Fsp3) is 1.00. The molecule has 0 aromatic heterocycles. The van der Waals surface area contributed by atoms with Crippen LogP contribution in [-0.2, 0) is 9.47 Å². The van der Waals surface area contributed by atoms with Crippen LogP contribution in [0, 0.1) is 0 Å². The first-order valence-electron chi connectivity index (χ1n) is 9.27. The summed E-state index contributed by atoms with van der Waals surface area (Å²) in [6.45, 7) is 8.65. The summed E-state index contributed by atoms with van der Waals surface area (Å²) < 4.78 is 12.2. The summed E-state index contributed by atoms with van der Waals surface area (Å²) in [7, 11) is 0. The summed E-state index contributed by atoms with van der Waals surface area (Å²) in [6, 6.07) is 0. The molecule has 0 radical (unpaired) electrons. The van der Waals surface area contributed by atoms with E-state index in [9.17, 15) is 0 Å². The molecule has 21 heavy (non-hydrogen) atoms. The quantitative estimate of drug-likeness (QED) is 0.546. The summed E-state index contributed by atoms with van der Waals surface area (Å²) in [5.74, 6) is -0.375. The SMILES string of the molecule is CCCCCCCCCCCC12O[C@@H](C)CN1C[C@H](C)O2. The Morgan fingerprint density at radius 1 is 0.810 bits per heavy atom. The standard InChI is InChI=1S/C18H35NO2/c1-4-5-6-7-8-9-10-11-12-13-18-19(14-16(2)20-18)15-17(3)21-18/h16-17H,4-15H2,1-3H3/t16-,17-/m0/s1. The molecule has 0 aliphatic carbocycles. The van der Waals surface area contributed by atoms with E-state index in [2.05, 4.69) is 25.7 Å². The Kier molecular flexibility index (Phi) is 6.97. The minimum atomic E-state index is -0.375. The van der Waals surface area contributed by atoms with Crippen LogP contribution in [0.3, 0.4) is 0 Å². The van der Waals surface area contributed by atoms with Crippen molar-refractivity contribution in [1.29, 1.82) is 0 Å². The van der Waals surface area contributed by atoms with Gasteiger partial charge < -0.3 is 9.47 Å². The summed E-state index contributed by atoms with van der Waals surface area (Å²) in [6.07, 6.45) is 14.0. The van der Waals surface area contributed by atoms with E-state index in [1.807, 2.05) is 0 Å². The molecule has 3 heteroatoms. The Hall–Kier alpha value is -0.120. The molecular weight excluding hydrogens is 262 g/mol. The predicted molar refractivity (Wildman–Crippen MR) is 87.2 cm³/mol. The third kappa shape index (κ3) is 4.94. The number of unbranched alkanes of at least 4 members (excludes halogenated alkanes) is 8. The van der Waals surface area contributed by atoms with Crippen molar-refractivity contribution in [2.75, 3.05) is 13.1 Å². The highest BCUT2D eigenvalue weighted by atomic mass is 16.7. The van der Waals surface area contributed by atoms with Crippen molar-refractivity contribution in [3.05, 3.63) is 0 Å². The van der Waals surface area contributed by atoms with Crippen molar-refractivity contribution in [2.45, 2.75) is 103 Å². The van der Waals surface area contributed by atoms with E-state index >= 15 is 0 Å². The highest BCUT2D eigenvalue weighted by Crippen LogP contribution is 2.39. The lowest BCUT2D eigenvalue weighted by atomic mass is 10.1. The second kappa shape index (κ2) is 8.50. The Labute approximate surface area is 131 Å². The van der Waals surface area contributed by atoms with Crippen LogP contribution in [0.25, 0.3) is 0 Å².